The van der Waals surface area contributed by atoms with Crippen molar-refractivity contribution in [3.63, 3.8) is 0 Å². The maximum atomic E-state index is 12.6. The largest absolute Gasteiger partial charge is 0.479 e. The molecule has 10 heteroatoms. The molecule has 3 aromatic rings. The molecule has 192 valence electrons. The van der Waals surface area contributed by atoms with E-state index in [0.717, 1.165) is 44.6 Å². The molecule has 5 rings (SSSR count). The molecule has 1 fully saturated rings. The van der Waals surface area contributed by atoms with Gasteiger partial charge in [0.15, 0.2) is 5.82 Å². The topological polar surface area (TPSA) is 97.4 Å². The molecule has 2 aromatic heterocycles. The Hall–Kier alpha value is -3.68. The van der Waals surface area contributed by atoms with Crippen LogP contribution in [0.4, 0.5) is 19.0 Å². The van der Waals surface area contributed by atoms with Crippen LogP contribution in [0.25, 0.3) is 0 Å². The molecule has 0 radical (unpaired) electrons. The molecule has 1 saturated heterocycles. The summed E-state index contributed by atoms with van der Waals surface area (Å²) in [4.78, 5) is 14.4. The predicted molar refractivity (Wildman–Crippen MR) is 131 cm³/mol. The Bertz CT molecular complexity index is 1330. The van der Waals surface area contributed by atoms with E-state index in [-0.39, 0.29) is 30.4 Å². The number of ether oxygens (including phenoxy) is 1. The summed E-state index contributed by atoms with van der Waals surface area (Å²) >= 11 is 0. The van der Waals surface area contributed by atoms with Gasteiger partial charge in [0.2, 0.25) is 0 Å². The minimum atomic E-state index is -4.50. The third-order valence-electron chi connectivity index (χ3n) is 7.18. The number of pyridine rings is 1. The highest BCUT2D eigenvalue weighted by atomic mass is 19.4. The van der Waals surface area contributed by atoms with Gasteiger partial charge in [0, 0.05) is 19.1 Å². The Morgan fingerprint density at radius 3 is 2.57 bits per heavy atom. The van der Waals surface area contributed by atoms with E-state index in [1.54, 1.807) is 6.20 Å². The van der Waals surface area contributed by atoms with Crippen molar-refractivity contribution < 1.29 is 23.0 Å². The number of aromatic nitrogens is 3. The van der Waals surface area contributed by atoms with E-state index in [0.29, 0.717) is 17.2 Å². The zero-order valence-electron chi connectivity index (χ0n) is 20.0. The minimum absolute atomic E-state index is 0.0208. The van der Waals surface area contributed by atoms with Crippen molar-refractivity contribution in [1.29, 1.82) is 0 Å². The van der Waals surface area contributed by atoms with Gasteiger partial charge < -0.3 is 20.5 Å². The van der Waals surface area contributed by atoms with Crippen LogP contribution in [0, 0.1) is 17.3 Å². The number of alkyl halides is 3. The van der Waals surface area contributed by atoms with Crippen molar-refractivity contribution in [2.75, 3.05) is 24.6 Å². The third kappa shape index (κ3) is 5.10. The Kier molecular flexibility index (Phi) is 6.75. The normalized spacial score (nSPS) is 18.3. The first kappa shape index (κ1) is 25.0. The van der Waals surface area contributed by atoms with Crippen molar-refractivity contribution in [3.05, 3.63) is 77.0 Å². The van der Waals surface area contributed by atoms with E-state index in [4.69, 9.17) is 10.5 Å². The van der Waals surface area contributed by atoms with Gasteiger partial charge in [0.05, 0.1) is 19.0 Å². The van der Waals surface area contributed by atoms with Crippen LogP contribution in [0.1, 0.15) is 47.1 Å². The molecular weight excluding hydrogens is 483 g/mol. The van der Waals surface area contributed by atoms with Gasteiger partial charge in [-0.2, -0.15) is 13.2 Å². The standard InChI is InChI=1S/C27H26F3N5O2/c28-27(29,30)23-8-7-20(16-32-23)37-13-3-5-19-15-33-25(22(17-36)34-19)35-11-9-26(10-12-35)14-18-4-1-2-6-21(18)24(26)31/h1-2,4,6-8,15-16,24,36H,9-14,17,31H2. The number of piperidine rings is 1. The highest BCUT2D eigenvalue weighted by Crippen LogP contribution is 2.51. The number of benzene rings is 1. The van der Waals surface area contributed by atoms with Gasteiger partial charge in [0.1, 0.15) is 29.4 Å². The van der Waals surface area contributed by atoms with Crippen LogP contribution < -0.4 is 15.4 Å². The van der Waals surface area contributed by atoms with Crippen molar-refractivity contribution in [3.8, 4) is 17.6 Å². The molecule has 3 heterocycles. The number of hydrogen-bond donors (Lipinski definition) is 2. The van der Waals surface area contributed by atoms with Crippen molar-refractivity contribution in [1.82, 2.24) is 15.0 Å². The highest BCUT2D eigenvalue weighted by molar-refractivity contribution is 5.47. The second kappa shape index (κ2) is 10.00. The number of hydrogen-bond acceptors (Lipinski definition) is 7. The summed E-state index contributed by atoms with van der Waals surface area (Å²) in [5.41, 5.74) is 9.11. The van der Waals surface area contributed by atoms with Gasteiger partial charge in [-0.3, -0.25) is 0 Å². The highest BCUT2D eigenvalue weighted by Gasteiger charge is 2.46. The van der Waals surface area contributed by atoms with Crippen LogP contribution in [0.15, 0.2) is 48.8 Å². The van der Waals surface area contributed by atoms with Crippen molar-refractivity contribution in [2.45, 2.75) is 38.1 Å². The van der Waals surface area contributed by atoms with E-state index in [1.165, 1.54) is 17.2 Å². The molecule has 1 atom stereocenters. The maximum Gasteiger partial charge on any atom is 0.433 e. The second-order valence-corrected chi connectivity index (χ2v) is 9.35. The smallest absolute Gasteiger partial charge is 0.433 e. The number of nitrogens with zero attached hydrogens (tertiary/aromatic N) is 4. The molecular formula is C27H26F3N5O2. The van der Waals surface area contributed by atoms with Crippen molar-refractivity contribution in [2.24, 2.45) is 11.1 Å². The zero-order valence-corrected chi connectivity index (χ0v) is 20.0. The summed E-state index contributed by atoms with van der Waals surface area (Å²) in [6, 6.07) is 10.5. The van der Waals surface area contributed by atoms with E-state index in [9.17, 15) is 18.3 Å². The average molecular weight is 510 g/mol. The van der Waals surface area contributed by atoms with Gasteiger partial charge in [0.25, 0.3) is 0 Å². The minimum Gasteiger partial charge on any atom is -0.479 e. The Morgan fingerprint density at radius 1 is 1.11 bits per heavy atom. The molecule has 37 heavy (non-hydrogen) atoms. The molecule has 0 saturated carbocycles. The van der Waals surface area contributed by atoms with Crippen LogP contribution in [0.3, 0.4) is 0 Å². The van der Waals surface area contributed by atoms with Crippen molar-refractivity contribution >= 4 is 5.82 Å². The summed E-state index contributed by atoms with van der Waals surface area (Å²) in [5, 5.41) is 9.93. The van der Waals surface area contributed by atoms with Gasteiger partial charge in [-0.25, -0.2) is 15.0 Å². The number of nitrogens with two attached hydrogens (primary N) is 1. The maximum absolute atomic E-state index is 12.6. The number of anilines is 1. The third-order valence-corrected chi connectivity index (χ3v) is 7.18. The van der Waals surface area contributed by atoms with Gasteiger partial charge >= 0.3 is 6.18 Å². The predicted octanol–water partition coefficient (Wildman–Crippen LogP) is 3.66. The van der Waals surface area contributed by atoms with Crippen LogP contribution in [0.5, 0.6) is 5.75 Å². The number of aliphatic hydroxyl groups is 1. The number of rotatable bonds is 4. The van der Waals surface area contributed by atoms with Crippen LogP contribution in [-0.4, -0.2) is 39.8 Å². The van der Waals surface area contributed by atoms with Gasteiger partial charge in [-0.1, -0.05) is 30.2 Å². The van der Waals surface area contributed by atoms with E-state index in [1.807, 2.05) is 6.07 Å². The molecule has 0 bridgehead atoms. The fourth-order valence-corrected chi connectivity index (χ4v) is 5.20. The first-order valence-corrected chi connectivity index (χ1v) is 12.0. The summed E-state index contributed by atoms with van der Waals surface area (Å²) in [5.74, 6) is 6.39. The molecule has 2 aliphatic rings. The van der Waals surface area contributed by atoms with Gasteiger partial charge in [-0.05, 0) is 53.9 Å². The second-order valence-electron chi connectivity index (χ2n) is 9.35. The van der Waals surface area contributed by atoms with Gasteiger partial charge in [-0.15, -0.1) is 0 Å². The summed E-state index contributed by atoms with van der Waals surface area (Å²) < 4.78 is 43.1. The Morgan fingerprint density at radius 2 is 1.89 bits per heavy atom. The molecule has 3 N–H and O–H groups in total. The monoisotopic (exact) mass is 509 g/mol. The van der Waals surface area contributed by atoms with E-state index < -0.39 is 11.9 Å². The fourth-order valence-electron chi connectivity index (χ4n) is 5.20. The zero-order chi connectivity index (χ0) is 26.0. The van der Waals surface area contributed by atoms with Crippen LogP contribution >= 0.6 is 0 Å². The number of aliphatic hydroxyl groups excluding tert-OH is 1. The van der Waals surface area contributed by atoms with Crippen LogP contribution in [0.2, 0.25) is 0 Å². The average Bonchev–Trinajstić information content (AvgIpc) is 3.17. The molecule has 7 nitrogen and oxygen atoms in total. The summed E-state index contributed by atoms with van der Waals surface area (Å²) in [6.07, 6.45) is 0.875. The summed E-state index contributed by atoms with van der Waals surface area (Å²) in [6.45, 7) is 1.19. The number of fused-ring (bicyclic) bond motifs is 1. The van der Waals surface area contributed by atoms with E-state index >= 15 is 0 Å². The Balaban J connectivity index is 1.20. The lowest BCUT2D eigenvalue weighted by Crippen LogP contribution is -2.45. The fraction of sp³-hybridized carbons (Fsp3) is 0.370. The van der Waals surface area contributed by atoms with E-state index in [2.05, 4.69) is 49.9 Å². The first-order chi connectivity index (χ1) is 17.8. The Labute approximate surface area is 212 Å². The molecule has 1 aliphatic carbocycles. The molecule has 1 aliphatic heterocycles. The first-order valence-electron chi connectivity index (χ1n) is 12.0. The number of halogens is 3. The molecule has 1 spiro atoms. The molecule has 0 amide bonds. The summed E-state index contributed by atoms with van der Waals surface area (Å²) in [7, 11) is 0. The quantitative estimate of drug-likeness (QED) is 0.518. The lowest BCUT2D eigenvalue weighted by Gasteiger charge is -2.42. The molecule has 1 aromatic carbocycles. The lowest BCUT2D eigenvalue weighted by atomic mass is 9.73. The lowest BCUT2D eigenvalue weighted by molar-refractivity contribution is -0.141. The molecule has 1 unspecified atom stereocenters. The SMILES string of the molecule is NC1c2ccccc2CC12CCN(c1ncc(C#CCOc3ccc(C(F)(F)F)nc3)nc1CO)CC2. The van der Waals surface area contributed by atoms with Crippen LogP contribution in [-0.2, 0) is 19.2 Å².